The van der Waals surface area contributed by atoms with E-state index < -0.39 is 14.1 Å². The van der Waals surface area contributed by atoms with E-state index in [-0.39, 0.29) is 23.0 Å². The summed E-state index contributed by atoms with van der Waals surface area (Å²) in [7, 11) is -0.330. The van der Waals surface area contributed by atoms with Crippen molar-refractivity contribution in [1.82, 2.24) is 0 Å². The third-order valence-electron chi connectivity index (χ3n) is 5.79. The van der Waals surface area contributed by atoms with Crippen LogP contribution in [0.25, 0.3) is 0 Å². The van der Waals surface area contributed by atoms with E-state index in [1.807, 2.05) is 19.9 Å². The Balaban J connectivity index is 2.55. The molecule has 0 amide bonds. The monoisotopic (exact) mass is 426 g/mol. The first kappa shape index (κ1) is 26.1. The normalized spacial score (nSPS) is 23.0. The largest absolute Gasteiger partial charge is 0.469 e. The number of ether oxygens (including phenoxy) is 3. The van der Waals surface area contributed by atoms with Crippen LogP contribution in [0, 0.1) is 5.92 Å². The van der Waals surface area contributed by atoms with Crippen LogP contribution in [0.1, 0.15) is 60.3 Å². The van der Waals surface area contributed by atoms with E-state index in [2.05, 4.69) is 56.8 Å². The van der Waals surface area contributed by atoms with Crippen LogP contribution < -0.4 is 0 Å². The van der Waals surface area contributed by atoms with Crippen molar-refractivity contribution in [2.24, 2.45) is 5.92 Å². The molecule has 0 spiro atoms. The minimum absolute atomic E-state index is 0.0764. The number of hydrogen-bond acceptors (Lipinski definition) is 5. The van der Waals surface area contributed by atoms with Crippen molar-refractivity contribution in [2.75, 3.05) is 20.3 Å². The fraction of sp³-hybridized carbons (Fsp3) is 0.783. The van der Waals surface area contributed by atoms with E-state index in [1.165, 1.54) is 7.11 Å². The van der Waals surface area contributed by atoms with Crippen molar-refractivity contribution in [3.63, 3.8) is 0 Å². The van der Waals surface area contributed by atoms with Gasteiger partial charge in [-0.3, -0.25) is 4.79 Å². The molecule has 1 heterocycles. The van der Waals surface area contributed by atoms with E-state index in [1.54, 1.807) is 0 Å². The van der Waals surface area contributed by atoms with Crippen molar-refractivity contribution in [3.05, 3.63) is 24.3 Å². The van der Waals surface area contributed by atoms with Crippen LogP contribution >= 0.6 is 0 Å². The highest BCUT2D eigenvalue weighted by Gasteiger charge is 2.38. The molecule has 0 saturated carbocycles. The van der Waals surface area contributed by atoms with Gasteiger partial charge in [-0.25, -0.2) is 0 Å². The summed E-state index contributed by atoms with van der Waals surface area (Å²) in [6.45, 7) is 16.6. The van der Waals surface area contributed by atoms with E-state index >= 15 is 0 Å². The van der Waals surface area contributed by atoms with Crippen molar-refractivity contribution in [3.8, 4) is 0 Å². The van der Waals surface area contributed by atoms with E-state index in [4.69, 9.17) is 13.9 Å². The molecule has 0 bridgehead atoms. The van der Waals surface area contributed by atoms with Gasteiger partial charge < -0.3 is 18.6 Å². The molecular weight excluding hydrogens is 384 g/mol. The standard InChI is InChI=1S/C23H42O5Si/c1-22(2,3)29(7,8)27-17-16-20-19(18-26-23(4,5)28-20)14-12-10-9-11-13-15-21(24)25-6/h9-10,12,14,19-20H,11,13,15-18H2,1-8H3/b10-9-,14-12+/t19-,20+/m0/s1. The second-order valence-electron chi connectivity index (χ2n) is 9.71. The van der Waals surface area contributed by atoms with E-state index in [0.717, 1.165) is 19.3 Å². The lowest BCUT2D eigenvalue weighted by molar-refractivity contribution is -0.288. The zero-order valence-electron chi connectivity index (χ0n) is 19.7. The van der Waals surface area contributed by atoms with Gasteiger partial charge in [0.15, 0.2) is 14.1 Å². The predicted molar refractivity (Wildman–Crippen MR) is 120 cm³/mol. The third kappa shape index (κ3) is 9.60. The van der Waals surface area contributed by atoms with Crippen molar-refractivity contribution < 1.29 is 23.4 Å². The Morgan fingerprint density at radius 3 is 2.55 bits per heavy atom. The summed E-state index contributed by atoms with van der Waals surface area (Å²) in [5.74, 6) is -0.517. The quantitative estimate of drug-likeness (QED) is 0.196. The maximum atomic E-state index is 11.1. The topological polar surface area (TPSA) is 54.0 Å². The number of allylic oxidation sites excluding steroid dienone is 3. The lowest BCUT2D eigenvalue weighted by Gasteiger charge is -2.41. The number of unbranched alkanes of at least 4 members (excludes halogenated alkanes) is 1. The van der Waals surface area contributed by atoms with Crippen LogP contribution in [0.2, 0.25) is 18.1 Å². The number of methoxy groups -OCH3 is 1. The van der Waals surface area contributed by atoms with Crippen molar-refractivity contribution >= 4 is 14.3 Å². The minimum atomic E-state index is -1.75. The van der Waals surface area contributed by atoms with Gasteiger partial charge in [0.05, 0.1) is 19.8 Å². The summed E-state index contributed by atoms with van der Waals surface area (Å²) in [4.78, 5) is 11.1. The Labute approximate surface area is 179 Å². The molecule has 0 aromatic rings. The summed E-state index contributed by atoms with van der Waals surface area (Å²) in [5.41, 5.74) is 0. The Morgan fingerprint density at radius 2 is 1.93 bits per heavy atom. The van der Waals surface area contributed by atoms with Gasteiger partial charge in [-0.2, -0.15) is 0 Å². The fourth-order valence-corrected chi connectivity index (χ4v) is 3.90. The summed E-state index contributed by atoms with van der Waals surface area (Å²) >= 11 is 0. The van der Waals surface area contributed by atoms with E-state index in [0.29, 0.717) is 19.6 Å². The molecule has 1 saturated heterocycles. The molecule has 2 atom stereocenters. The molecular formula is C23H42O5Si. The smallest absolute Gasteiger partial charge is 0.305 e. The Morgan fingerprint density at radius 1 is 1.24 bits per heavy atom. The molecule has 0 radical (unpaired) electrons. The summed E-state index contributed by atoms with van der Waals surface area (Å²) in [5, 5.41) is 0.209. The van der Waals surface area contributed by atoms with Crippen LogP contribution in [0.5, 0.6) is 0 Å². The summed E-state index contributed by atoms with van der Waals surface area (Å²) < 4.78 is 23.1. The van der Waals surface area contributed by atoms with Gasteiger partial charge in [0.2, 0.25) is 0 Å². The molecule has 0 unspecified atom stereocenters. The van der Waals surface area contributed by atoms with Crippen LogP contribution in [0.15, 0.2) is 24.3 Å². The Kier molecular flexibility index (Phi) is 10.3. The molecule has 0 aromatic heterocycles. The van der Waals surface area contributed by atoms with Gasteiger partial charge in [-0.15, -0.1) is 0 Å². The second-order valence-corrected chi connectivity index (χ2v) is 14.5. The molecule has 0 N–H and O–H groups in total. The van der Waals surface area contributed by atoms with E-state index in [9.17, 15) is 4.79 Å². The summed E-state index contributed by atoms with van der Waals surface area (Å²) in [6, 6.07) is 0. The number of esters is 1. The SMILES string of the molecule is COC(=O)CCC/C=C\C=C\[C@H]1COC(C)(C)O[C@@H]1CCO[Si](C)(C)C(C)(C)C. The average Bonchev–Trinajstić information content (AvgIpc) is 2.60. The van der Waals surface area contributed by atoms with Gasteiger partial charge in [0.1, 0.15) is 0 Å². The predicted octanol–water partition coefficient (Wildman–Crippen LogP) is 5.62. The van der Waals surface area contributed by atoms with Crippen LogP contribution in [0.4, 0.5) is 0 Å². The first-order valence-corrected chi connectivity index (χ1v) is 13.6. The van der Waals surface area contributed by atoms with Crippen LogP contribution in [-0.4, -0.2) is 46.5 Å². The van der Waals surface area contributed by atoms with Crippen LogP contribution in [-0.2, 0) is 23.4 Å². The molecule has 0 aliphatic carbocycles. The molecule has 5 nitrogen and oxygen atoms in total. The average molecular weight is 427 g/mol. The van der Waals surface area contributed by atoms with Gasteiger partial charge in [-0.05, 0) is 51.2 Å². The Hall–Kier alpha value is -0.953. The van der Waals surface area contributed by atoms with Gasteiger partial charge in [0.25, 0.3) is 0 Å². The zero-order valence-corrected chi connectivity index (χ0v) is 20.7. The lowest BCUT2D eigenvalue weighted by Crippen LogP contribution is -2.46. The van der Waals surface area contributed by atoms with Gasteiger partial charge in [0, 0.05) is 18.9 Å². The third-order valence-corrected chi connectivity index (χ3v) is 10.3. The Bertz CT molecular complexity index is 560. The number of hydrogen-bond donors (Lipinski definition) is 0. The molecule has 1 aliphatic rings. The molecule has 1 rings (SSSR count). The lowest BCUT2D eigenvalue weighted by atomic mass is 9.98. The second kappa shape index (κ2) is 11.4. The number of carbonyl (C=O) groups excluding carboxylic acids is 1. The molecule has 0 aromatic carbocycles. The highest BCUT2D eigenvalue weighted by molar-refractivity contribution is 6.74. The fourth-order valence-electron chi connectivity index (χ4n) is 2.84. The first-order valence-electron chi connectivity index (χ1n) is 10.7. The maximum absolute atomic E-state index is 11.1. The van der Waals surface area contributed by atoms with Crippen molar-refractivity contribution in [1.29, 1.82) is 0 Å². The molecule has 6 heteroatoms. The highest BCUT2D eigenvalue weighted by atomic mass is 28.4. The van der Waals surface area contributed by atoms with Crippen LogP contribution in [0.3, 0.4) is 0 Å². The highest BCUT2D eigenvalue weighted by Crippen LogP contribution is 2.37. The number of carbonyl (C=O) groups is 1. The molecule has 168 valence electrons. The molecule has 29 heavy (non-hydrogen) atoms. The first-order chi connectivity index (χ1) is 13.4. The van der Waals surface area contributed by atoms with Gasteiger partial charge >= 0.3 is 5.97 Å². The molecule has 1 fully saturated rings. The number of rotatable bonds is 10. The summed E-state index contributed by atoms with van der Waals surface area (Å²) in [6.07, 6.45) is 11.4. The zero-order chi connectivity index (χ0) is 22.1. The van der Waals surface area contributed by atoms with Gasteiger partial charge in [-0.1, -0.05) is 45.1 Å². The molecule has 1 aliphatic heterocycles. The van der Waals surface area contributed by atoms with Crippen molar-refractivity contribution in [2.45, 2.75) is 90.3 Å². The maximum Gasteiger partial charge on any atom is 0.305 e. The minimum Gasteiger partial charge on any atom is -0.469 e.